The van der Waals surface area contributed by atoms with Crippen molar-refractivity contribution < 1.29 is 14.6 Å². The van der Waals surface area contributed by atoms with Gasteiger partial charge in [0.05, 0.1) is 19.3 Å². The lowest BCUT2D eigenvalue weighted by atomic mass is 9.41. The van der Waals surface area contributed by atoms with Gasteiger partial charge in [0.1, 0.15) is 0 Å². The van der Waals surface area contributed by atoms with Crippen molar-refractivity contribution in [3.63, 3.8) is 0 Å². The first-order valence-corrected chi connectivity index (χ1v) is 6.32. The van der Waals surface area contributed by atoms with Crippen LogP contribution < -0.4 is 0 Å². The van der Waals surface area contributed by atoms with E-state index in [9.17, 15) is 5.11 Å². The van der Waals surface area contributed by atoms with Gasteiger partial charge < -0.3 is 14.6 Å². The summed E-state index contributed by atoms with van der Waals surface area (Å²) < 4.78 is 12.0. The molecule has 3 heteroatoms. The molecule has 7 rings (SSSR count). The maximum Gasteiger partial charge on any atom is 0.175 e. The largest absolute Gasteiger partial charge is 0.393 e. The molecule has 1 heterocycles. The van der Waals surface area contributed by atoms with E-state index >= 15 is 0 Å². The van der Waals surface area contributed by atoms with Crippen molar-refractivity contribution in [2.45, 2.75) is 11.9 Å². The Kier molecular flexibility index (Phi) is 0.819. The molecule has 1 saturated heterocycles. The molecule has 0 aromatic heterocycles. The van der Waals surface area contributed by atoms with Gasteiger partial charge in [-0.15, -0.1) is 0 Å². The van der Waals surface area contributed by atoms with E-state index in [4.69, 9.17) is 9.47 Å². The summed E-state index contributed by atoms with van der Waals surface area (Å²) in [4.78, 5) is 0. The number of hydrogen-bond acceptors (Lipinski definition) is 3. The summed E-state index contributed by atoms with van der Waals surface area (Å²) in [5.41, 5.74) is 0. The van der Waals surface area contributed by atoms with E-state index in [0.29, 0.717) is 23.7 Å². The first kappa shape index (κ1) is 7.25. The SMILES string of the molecule is OC1C2C3C4C1C1C2C3C4C12OCCO2. The summed E-state index contributed by atoms with van der Waals surface area (Å²) in [5, 5.41) is 10.3. The Labute approximate surface area is 87.7 Å². The van der Waals surface area contributed by atoms with Crippen LogP contribution in [0, 0.1) is 47.3 Å². The molecule has 4 bridgehead atoms. The first-order chi connectivity index (χ1) is 7.36. The Bertz CT molecular complexity index is 386. The molecule has 1 N–H and O–H groups in total. The molecule has 0 amide bonds. The van der Waals surface area contributed by atoms with Gasteiger partial charge in [0.15, 0.2) is 5.79 Å². The Hall–Kier alpha value is -0.120. The highest BCUT2D eigenvalue weighted by Crippen LogP contribution is 2.91. The molecular formula is C12H14O3. The molecule has 0 aromatic carbocycles. The van der Waals surface area contributed by atoms with Gasteiger partial charge in [-0.25, -0.2) is 0 Å². The quantitative estimate of drug-likeness (QED) is 0.610. The van der Waals surface area contributed by atoms with E-state index in [2.05, 4.69) is 0 Å². The van der Waals surface area contributed by atoms with Gasteiger partial charge in [0.25, 0.3) is 0 Å². The van der Waals surface area contributed by atoms with Crippen LogP contribution in [0.5, 0.6) is 0 Å². The van der Waals surface area contributed by atoms with Crippen molar-refractivity contribution in [2.75, 3.05) is 13.2 Å². The second kappa shape index (κ2) is 1.69. The fraction of sp³-hybridized carbons (Fsp3) is 1.00. The monoisotopic (exact) mass is 206 g/mol. The van der Waals surface area contributed by atoms with Gasteiger partial charge in [-0.3, -0.25) is 0 Å². The number of ether oxygens (including phenoxy) is 2. The zero-order valence-electron chi connectivity index (χ0n) is 8.37. The third-order valence-electron chi connectivity index (χ3n) is 6.78. The molecule has 7 fully saturated rings. The molecular weight excluding hydrogens is 192 g/mol. The van der Waals surface area contributed by atoms with Crippen molar-refractivity contribution in [1.29, 1.82) is 0 Å². The molecule has 6 aliphatic carbocycles. The van der Waals surface area contributed by atoms with Gasteiger partial charge in [0.2, 0.25) is 0 Å². The third kappa shape index (κ3) is 0.413. The summed E-state index contributed by atoms with van der Waals surface area (Å²) in [6.07, 6.45) is -0.0107. The molecule has 9 atom stereocenters. The number of aliphatic hydroxyl groups is 1. The minimum Gasteiger partial charge on any atom is -0.393 e. The van der Waals surface area contributed by atoms with Crippen LogP contribution in [-0.4, -0.2) is 30.2 Å². The van der Waals surface area contributed by atoms with Gasteiger partial charge in [0, 0.05) is 11.8 Å². The topological polar surface area (TPSA) is 38.7 Å². The highest BCUT2D eigenvalue weighted by Gasteiger charge is 2.94. The molecule has 15 heavy (non-hydrogen) atoms. The van der Waals surface area contributed by atoms with Crippen LogP contribution >= 0.6 is 0 Å². The van der Waals surface area contributed by atoms with E-state index < -0.39 is 0 Å². The average molecular weight is 206 g/mol. The van der Waals surface area contributed by atoms with Crippen LogP contribution in [0.15, 0.2) is 0 Å². The predicted molar refractivity (Wildman–Crippen MR) is 48.6 cm³/mol. The fourth-order valence-corrected chi connectivity index (χ4v) is 6.97. The lowest BCUT2D eigenvalue weighted by Crippen LogP contribution is -2.61. The predicted octanol–water partition coefficient (Wildman–Crippen LogP) is 0.0880. The standard InChI is InChI=1S/C12H14O3/c13-11-7-3-4-6(7)10-8(11)5(3)9(4)12(10)14-1-2-15-12/h3-11,13H,1-2H2. The minimum absolute atomic E-state index is 0.0107. The summed E-state index contributed by atoms with van der Waals surface area (Å²) in [5.74, 6) is 5.46. The van der Waals surface area contributed by atoms with Crippen molar-refractivity contribution in [2.24, 2.45) is 47.3 Å². The van der Waals surface area contributed by atoms with Gasteiger partial charge in [-0.2, -0.15) is 0 Å². The highest BCUT2D eigenvalue weighted by atomic mass is 16.7. The average Bonchev–Trinajstić information content (AvgIpc) is 2.87. The first-order valence-electron chi connectivity index (χ1n) is 6.32. The number of hydrogen-bond donors (Lipinski definition) is 1. The van der Waals surface area contributed by atoms with Crippen molar-refractivity contribution in [3.05, 3.63) is 0 Å². The van der Waals surface area contributed by atoms with Gasteiger partial charge in [-0.05, 0) is 35.5 Å². The molecule has 1 aliphatic heterocycles. The Balaban J connectivity index is 1.63. The van der Waals surface area contributed by atoms with Crippen LogP contribution in [0.1, 0.15) is 0 Å². The molecule has 80 valence electrons. The second-order valence-corrected chi connectivity index (χ2v) is 6.42. The van der Waals surface area contributed by atoms with Gasteiger partial charge in [-0.1, -0.05) is 0 Å². The molecule has 7 aliphatic rings. The third-order valence-corrected chi connectivity index (χ3v) is 6.78. The Morgan fingerprint density at radius 2 is 1.40 bits per heavy atom. The van der Waals surface area contributed by atoms with Gasteiger partial charge >= 0.3 is 0 Å². The van der Waals surface area contributed by atoms with Crippen LogP contribution in [0.3, 0.4) is 0 Å². The molecule has 0 aromatic rings. The molecule has 3 nitrogen and oxygen atoms in total. The summed E-state index contributed by atoms with van der Waals surface area (Å²) in [7, 11) is 0. The maximum absolute atomic E-state index is 10.3. The van der Waals surface area contributed by atoms with E-state index in [-0.39, 0.29) is 11.9 Å². The highest BCUT2D eigenvalue weighted by molar-refractivity contribution is 5.39. The lowest BCUT2D eigenvalue weighted by molar-refractivity contribution is -0.229. The number of aliphatic hydroxyl groups excluding tert-OH is 1. The summed E-state index contributed by atoms with van der Waals surface area (Å²) in [6.45, 7) is 1.55. The molecule has 0 radical (unpaired) electrons. The minimum atomic E-state index is -0.215. The smallest absolute Gasteiger partial charge is 0.175 e. The van der Waals surface area contributed by atoms with Crippen molar-refractivity contribution >= 4 is 0 Å². The number of rotatable bonds is 0. The zero-order chi connectivity index (χ0) is 9.52. The van der Waals surface area contributed by atoms with Crippen LogP contribution in [0.2, 0.25) is 0 Å². The zero-order valence-corrected chi connectivity index (χ0v) is 8.37. The van der Waals surface area contributed by atoms with E-state index in [1.54, 1.807) is 0 Å². The van der Waals surface area contributed by atoms with E-state index in [1.165, 1.54) is 0 Å². The van der Waals surface area contributed by atoms with Crippen molar-refractivity contribution in [1.82, 2.24) is 0 Å². The molecule has 9 unspecified atom stereocenters. The Morgan fingerprint density at radius 3 is 2.07 bits per heavy atom. The molecule has 1 spiro atoms. The maximum atomic E-state index is 10.3. The van der Waals surface area contributed by atoms with Crippen LogP contribution in [0.4, 0.5) is 0 Å². The second-order valence-electron chi connectivity index (χ2n) is 6.42. The fourth-order valence-electron chi connectivity index (χ4n) is 6.97. The molecule has 6 saturated carbocycles. The lowest BCUT2D eigenvalue weighted by Gasteiger charge is -2.62. The van der Waals surface area contributed by atoms with E-state index in [0.717, 1.165) is 36.9 Å². The Morgan fingerprint density at radius 1 is 0.800 bits per heavy atom. The normalized spacial score (nSPS) is 77.8. The summed E-state index contributed by atoms with van der Waals surface area (Å²) in [6, 6.07) is 0. The van der Waals surface area contributed by atoms with Crippen molar-refractivity contribution in [3.8, 4) is 0 Å². The summed E-state index contributed by atoms with van der Waals surface area (Å²) >= 11 is 0. The van der Waals surface area contributed by atoms with E-state index in [1.807, 2.05) is 0 Å². The van der Waals surface area contributed by atoms with Crippen LogP contribution in [-0.2, 0) is 9.47 Å². The van der Waals surface area contributed by atoms with Crippen LogP contribution in [0.25, 0.3) is 0 Å².